The molecular weight excluding hydrogens is 164 g/mol. The highest BCUT2D eigenvalue weighted by atomic mass is 16.5. The van der Waals surface area contributed by atoms with Crippen LogP contribution in [0.15, 0.2) is 6.20 Å². The molecular formula is C10H16N2O. The maximum absolute atomic E-state index is 5.63. The third-order valence-corrected chi connectivity index (χ3v) is 2.61. The van der Waals surface area contributed by atoms with Gasteiger partial charge in [0.05, 0.1) is 5.69 Å². The van der Waals surface area contributed by atoms with Gasteiger partial charge in [-0.2, -0.15) is 5.10 Å². The Labute approximate surface area is 78.7 Å². The number of hydrogen-bond acceptors (Lipinski definition) is 2. The Balaban J connectivity index is 2.14. The van der Waals surface area contributed by atoms with Crippen molar-refractivity contribution in [3.8, 4) is 0 Å². The van der Waals surface area contributed by atoms with E-state index in [0.717, 1.165) is 18.7 Å². The van der Waals surface area contributed by atoms with Gasteiger partial charge in [-0.1, -0.05) is 0 Å². The molecule has 0 aromatic carbocycles. The van der Waals surface area contributed by atoms with Crippen LogP contribution >= 0.6 is 0 Å². The Morgan fingerprint density at radius 2 is 2.31 bits per heavy atom. The molecule has 0 radical (unpaired) electrons. The number of hydrogen-bond donors (Lipinski definition) is 0. The van der Waals surface area contributed by atoms with E-state index in [9.17, 15) is 0 Å². The van der Waals surface area contributed by atoms with Gasteiger partial charge in [0.2, 0.25) is 0 Å². The molecule has 0 bridgehead atoms. The van der Waals surface area contributed by atoms with Gasteiger partial charge in [-0.15, -0.1) is 0 Å². The van der Waals surface area contributed by atoms with Crippen LogP contribution in [-0.2, 0) is 4.74 Å². The Morgan fingerprint density at radius 3 is 2.85 bits per heavy atom. The molecule has 13 heavy (non-hydrogen) atoms. The maximum Gasteiger partial charge on any atom is 0.150 e. The van der Waals surface area contributed by atoms with Crippen molar-refractivity contribution < 1.29 is 4.74 Å². The van der Waals surface area contributed by atoms with E-state index in [-0.39, 0.29) is 6.23 Å². The predicted molar refractivity (Wildman–Crippen MR) is 50.5 cm³/mol. The Hall–Kier alpha value is -0.830. The van der Waals surface area contributed by atoms with E-state index >= 15 is 0 Å². The van der Waals surface area contributed by atoms with E-state index in [4.69, 9.17) is 4.74 Å². The van der Waals surface area contributed by atoms with Gasteiger partial charge in [0.25, 0.3) is 0 Å². The maximum atomic E-state index is 5.63. The topological polar surface area (TPSA) is 27.1 Å². The first-order chi connectivity index (χ1) is 6.27. The zero-order valence-electron chi connectivity index (χ0n) is 8.29. The lowest BCUT2D eigenvalue weighted by molar-refractivity contribution is -0.0396. The minimum absolute atomic E-state index is 0.182. The van der Waals surface area contributed by atoms with Crippen LogP contribution in [0.4, 0.5) is 0 Å². The fraction of sp³-hybridized carbons (Fsp3) is 0.700. The van der Waals surface area contributed by atoms with Gasteiger partial charge < -0.3 is 4.74 Å². The highest BCUT2D eigenvalue weighted by molar-refractivity contribution is 5.12. The summed E-state index contributed by atoms with van der Waals surface area (Å²) < 4.78 is 7.59. The molecule has 3 heteroatoms. The molecule has 1 saturated heterocycles. The Morgan fingerprint density at radius 1 is 1.46 bits per heavy atom. The van der Waals surface area contributed by atoms with Crippen molar-refractivity contribution in [2.45, 2.75) is 39.3 Å². The van der Waals surface area contributed by atoms with E-state index in [1.54, 1.807) is 0 Å². The van der Waals surface area contributed by atoms with Gasteiger partial charge in [-0.3, -0.25) is 0 Å². The molecule has 1 fully saturated rings. The van der Waals surface area contributed by atoms with Crippen LogP contribution in [-0.4, -0.2) is 16.4 Å². The van der Waals surface area contributed by atoms with Gasteiger partial charge in [-0.05, 0) is 38.7 Å². The SMILES string of the molecule is Cc1cn(C2CCCCO2)nc1C. The third-order valence-electron chi connectivity index (χ3n) is 2.61. The number of rotatable bonds is 1. The van der Waals surface area contributed by atoms with Gasteiger partial charge in [0.1, 0.15) is 6.23 Å². The molecule has 1 aromatic rings. The zero-order valence-corrected chi connectivity index (χ0v) is 8.29. The molecule has 72 valence electrons. The van der Waals surface area contributed by atoms with E-state index in [0.29, 0.717) is 0 Å². The van der Waals surface area contributed by atoms with Crippen LogP contribution in [0.25, 0.3) is 0 Å². The summed E-state index contributed by atoms with van der Waals surface area (Å²) in [5, 5.41) is 4.43. The highest BCUT2D eigenvalue weighted by Crippen LogP contribution is 2.22. The van der Waals surface area contributed by atoms with Crippen LogP contribution in [0.1, 0.15) is 36.7 Å². The van der Waals surface area contributed by atoms with Crippen LogP contribution in [0.3, 0.4) is 0 Å². The van der Waals surface area contributed by atoms with Crippen LogP contribution < -0.4 is 0 Å². The van der Waals surface area contributed by atoms with Gasteiger partial charge in [-0.25, -0.2) is 4.68 Å². The highest BCUT2D eigenvalue weighted by Gasteiger charge is 2.16. The first-order valence-electron chi connectivity index (χ1n) is 4.91. The minimum atomic E-state index is 0.182. The fourth-order valence-electron chi connectivity index (χ4n) is 1.65. The Kier molecular flexibility index (Phi) is 2.36. The van der Waals surface area contributed by atoms with Crippen molar-refractivity contribution in [3.63, 3.8) is 0 Å². The van der Waals surface area contributed by atoms with Crippen molar-refractivity contribution in [2.24, 2.45) is 0 Å². The summed E-state index contributed by atoms with van der Waals surface area (Å²) in [7, 11) is 0. The molecule has 0 amide bonds. The molecule has 0 aliphatic carbocycles. The lowest BCUT2D eigenvalue weighted by Crippen LogP contribution is -2.18. The zero-order chi connectivity index (χ0) is 9.26. The summed E-state index contributed by atoms with van der Waals surface area (Å²) in [6.07, 6.45) is 5.80. The average molecular weight is 180 g/mol. The van der Waals surface area contributed by atoms with Crippen molar-refractivity contribution >= 4 is 0 Å². The summed E-state index contributed by atoms with van der Waals surface area (Å²) in [6.45, 7) is 5.00. The molecule has 1 aliphatic rings. The van der Waals surface area contributed by atoms with E-state index in [1.165, 1.54) is 18.4 Å². The Bertz CT molecular complexity index is 268. The predicted octanol–water partition coefficient (Wildman–Crippen LogP) is 2.20. The second-order valence-electron chi connectivity index (χ2n) is 3.70. The second kappa shape index (κ2) is 3.50. The molecule has 0 spiro atoms. The first kappa shape index (κ1) is 8.75. The van der Waals surface area contributed by atoms with Gasteiger partial charge >= 0.3 is 0 Å². The number of ether oxygens (including phenoxy) is 1. The molecule has 2 heterocycles. The summed E-state index contributed by atoms with van der Waals surface area (Å²) >= 11 is 0. The van der Waals surface area contributed by atoms with E-state index in [2.05, 4.69) is 18.2 Å². The van der Waals surface area contributed by atoms with Crippen molar-refractivity contribution in [1.29, 1.82) is 0 Å². The lowest BCUT2D eigenvalue weighted by Gasteiger charge is -2.22. The monoisotopic (exact) mass is 180 g/mol. The summed E-state index contributed by atoms with van der Waals surface area (Å²) in [6, 6.07) is 0. The fourth-order valence-corrected chi connectivity index (χ4v) is 1.65. The third kappa shape index (κ3) is 1.75. The number of aryl methyl sites for hydroxylation is 2. The lowest BCUT2D eigenvalue weighted by atomic mass is 10.2. The quantitative estimate of drug-likeness (QED) is 0.662. The van der Waals surface area contributed by atoms with Crippen LogP contribution in [0, 0.1) is 13.8 Å². The standard InChI is InChI=1S/C10H16N2O/c1-8-7-12(11-9(8)2)10-5-3-4-6-13-10/h7,10H,3-6H2,1-2H3. The first-order valence-corrected chi connectivity index (χ1v) is 4.91. The summed E-state index contributed by atoms with van der Waals surface area (Å²) in [4.78, 5) is 0. The van der Waals surface area contributed by atoms with Crippen molar-refractivity contribution in [3.05, 3.63) is 17.5 Å². The van der Waals surface area contributed by atoms with Gasteiger partial charge in [0.15, 0.2) is 0 Å². The van der Waals surface area contributed by atoms with Crippen LogP contribution in [0.5, 0.6) is 0 Å². The minimum Gasteiger partial charge on any atom is -0.357 e. The average Bonchev–Trinajstić information content (AvgIpc) is 2.49. The molecule has 3 nitrogen and oxygen atoms in total. The van der Waals surface area contributed by atoms with Crippen LogP contribution in [0.2, 0.25) is 0 Å². The van der Waals surface area contributed by atoms with Crippen molar-refractivity contribution in [2.75, 3.05) is 6.61 Å². The summed E-state index contributed by atoms with van der Waals surface area (Å²) in [5.74, 6) is 0. The number of nitrogens with zero attached hydrogens (tertiary/aromatic N) is 2. The smallest absolute Gasteiger partial charge is 0.150 e. The number of aromatic nitrogens is 2. The van der Waals surface area contributed by atoms with Crippen molar-refractivity contribution in [1.82, 2.24) is 9.78 Å². The molecule has 2 rings (SSSR count). The molecule has 1 atom stereocenters. The normalized spacial score (nSPS) is 23.4. The largest absolute Gasteiger partial charge is 0.357 e. The molecule has 1 unspecified atom stereocenters. The van der Waals surface area contributed by atoms with E-state index in [1.807, 2.05) is 11.6 Å². The summed E-state index contributed by atoms with van der Waals surface area (Å²) in [5.41, 5.74) is 2.35. The molecule has 1 aromatic heterocycles. The van der Waals surface area contributed by atoms with Gasteiger partial charge in [0, 0.05) is 12.8 Å². The second-order valence-corrected chi connectivity index (χ2v) is 3.70. The van der Waals surface area contributed by atoms with E-state index < -0.39 is 0 Å². The molecule has 0 N–H and O–H groups in total. The molecule has 0 saturated carbocycles. The molecule has 1 aliphatic heterocycles.